The number of fused-ring (bicyclic) bond motifs is 1. The molecule has 1 heterocycles. The average Bonchev–Trinajstić information content (AvgIpc) is 3.69. The minimum absolute atomic E-state index is 0.112. The van der Waals surface area contributed by atoms with E-state index < -0.39 is 163 Å². The molecule has 0 atom stereocenters. The molecular formula is C37H40F4N4O2S. The van der Waals surface area contributed by atoms with E-state index in [1.54, 1.807) is 0 Å². The number of rotatable bonds is 13. The van der Waals surface area contributed by atoms with Crippen molar-refractivity contribution in [2.75, 3.05) is 26.0 Å². The average molecular weight is 700 g/mol. The fourth-order valence-electron chi connectivity index (χ4n) is 4.68. The van der Waals surface area contributed by atoms with E-state index in [4.69, 9.17) is 23.3 Å². The summed E-state index contributed by atoms with van der Waals surface area (Å²) < 4.78 is 219. The van der Waals surface area contributed by atoms with Crippen LogP contribution in [0.2, 0.25) is 0 Å². The maximum Gasteiger partial charge on any atom is 0.416 e. The minimum Gasteiger partial charge on any atom is -0.336 e. The predicted molar refractivity (Wildman–Crippen MR) is 181 cm³/mol. The third kappa shape index (κ3) is 8.54. The zero-order chi connectivity index (χ0) is 51.2. The van der Waals surface area contributed by atoms with Crippen LogP contribution in [0.1, 0.15) is 79.8 Å². The second-order valence-corrected chi connectivity index (χ2v) is 11.2. The van der Waals surface area contributed by atoms with Gasteiger partial charge in [-0.25, -0.2) is 4.39 Å². The molecule has 48 heavy (non-hydrogen) atoms. The van der Waals surface area contributed by atoms with Gasteiger partial charge in [0.1, 0.15) is 12.4 Å². The smallest absolute Gasteiger partial charge is 0.336 e. The Balaban J connectivity index is 1.75. The van der Waals surface area contributed by atoms with Gasteiger partial charge in [-0.15, -0.1) is 0 Å². The number of carbonyl (C=O) groups is 1. The second kappa shape index (κ2) is 15.5. The van der Waals surface area contributed by atoms with Crippen LogP contribution >= 0.6 is 11.8 Å². The lowest BCUT2D eigenvalue weighted by atomic mass is 9.98. The van der Waals surface area contributed by atoms with E-state index in [1.165, 1.54) is 0 Å². The number of aromatic nitrogens is 2. The van der Waals surface area contributed by atoms with Crippen molar-refractivity contribution in [1.29, 1.82) is 0 Å². The fraction of sp³-hybridized carbons (Fsp3) is 0.378. The molecule has 1 aliphatic carbocycles. The molecule has 0 fully saturated rings. The first-order valence-electron chi connectivity index (χ1n) is 23.8. The molecule has 0 saturated carbocycles. The van der Waals surface area contributed by atoms with Crippen molar-refractivity contribution >= 4 is 17.7 Å². The Bertz CT molecular complexity index is 2660. The van der Waals surface area contributed by atoms with Crippen LogP contribution in [0.15, 0.2) is 76.4 Å². The number of amides is 1. The summed E-state index contributed by atoms with van der Waals surface area (Å²) in [5, 5.41) is -0.319. The van der Waals surface area contributed by atoms with Crippen molar-refractivity contribution in [3.63, 3.8) is 0 Å². The summed E-state index contributed by atoms with van der Waals surface area (Å²) in [5.74, 6) is -3.36. The molecule has 0 spiro atoms. The highest BCUT2D eigenvalue weighted by atomic mass is 32.2. The Hall–Kier alpha value is -3.96. The van der Waals surface area contributed by atoms with E-state index in [9.17, 15) is 29.9 Å². The van der Waals surface area contributed by atoms with Crippen molar-refractivity contribution in [2.24, 2.45) is 0 Å². The summed E-state index contributed by atoms with van der Waals surface area (Å²) in [6.45, 7) is -13.6. The van der Waals surface area contributed by atoms with Gasteiger partial charge in [0.15, 0.2) is 5.16 Å². The highest BCUT2D eigenvalue weighted by Crippen LogP contribution is 2.32. The zero-order valence-electron chi connectivity index (χ0n) is 44.8. The largest absolute Gasteiger partial charge is 0.416 e. The number of hydrogen-bond acceptors (Lipinski definition) is 5. The number of thioether (sulfide) groups is 1. The van der Waals surface area contributed by atoms with Gasteiger partial charge in [0.05, 0.1) is 23.4 Å². The Morgan fingerprint density at radius 2 is 1.69 bits per heavy atom. The molecule has 6 nitrogen and oxygen atoms in total. The van der Waals surface area contributed by atoms with Crippen LogP contribution < -0.4 is 5.56 Å². The summed E-state index contributed by atoms with van der Waals surface area (Å²) in [6.07, 6.45) is -4.75. The standard InChI is InChI=1S/C37H40F4N4O2S/c1-4-43(5-2)19-20-44(22-29-12-11-28(21-25(29)3)27-13-15-30(16-14-27)37(39,40)41)34(46)23-45-33-8-6-7-32(33)35(47)42-36(45)48-24-26-9-17-31(38)18-10-26/h9-18,21H,4-8,19-20,22-24H2,1-3H3/i4D2,5D2,9D,10D,11D,12D,13D,14D,15D,16D,17D,18D,19D2,20D2,21D. The number of carbonyl (C=O) groups excluding carboxylic acids is 1. The molecule has 0 aliphatic heterocycles. The molecule has 1 aliphatic rings. The molecule has 4 aromatic rings. The Morgan fingerprint density at radius 3 is 2.35 bits per heavy atom. The Morgan fingerprint density at radius 1 is 1.00 bits per heavy atom. The second-order valence-electron chi connectivity index (χ2n) is 10.2. The Kier molecular flexibility index (Phi) is 5.86. The number of alkyl halides is 3. The molecule has 5 rings (SSSR count). The molecular weight excluding hydrogens is 640 g/mol. The van der Waals surface area contributed by atoms with Crippen molar-refractivity contribution in [1.82, 2.24) is 19.4 Å². The van der Waals surface area contributed by atoms with Gasteiger partial charge in [0, 0.05) is 44.8 Å². The van der Waals surface area contributed by atoms with E-state index >= 15 is 0 Å². The maximum atomic E-state index is 14.9. The van der Waals surface area contributed by atoms with Gasteiger partial charge in [0.2, 0.25) is 5.91 Å². The molecule has 0 N–H and O–H groups in total. The van der Waals surface area contributed by atoms with E-state index in [2.05, 4.69) is 4.98 Å². The molecule has 11 heteroatoms. The highest BCUT2D eigenvalue weighted by Gasteiger charge is 2.30. The molecule has 1 amide bonds. The fourth-order valence-corrected chi connectivity index (χ4v) is 5.58. The van der Waals surface area contributed by atoms with E-state index in [0.29, 0.717) is 32.0 Å². The van der Waals surface area contributed by atoms with Gasteiger partial charge in [0.25, 0.3) is 5.56 Å². The quantitative estimate of drug-likeness (QED) is 0.0821. The summed E-state index contributed by atoms with van der Waals surface area (Å²) in [7, 11) is 0. The van der Waals surface area contributed by atoms with Crippen LogP contribution in [0.25, 0.3) is 11.1 Å². The maximum absolute atomic E-state index is 14.9. The zero-order valence-corrected chi connectivity index (χ0v) is 26.6. The van der Waals surface area contributed by atoms with Gasteiger partial charge in [-0.2, -0.15) is 18.2 Å². The summed E-state index contributed by atoms with van der Waals surface area (Å²) in [4.78, 5) is 32.2. The van der Waals surface area contributed by atoms with Crippen LogP contribution in [0.3, 0.4) is 0 Å². The summed E-state index contributed by atoms with van der Waals surface area (Å²) in [5.41, 5.74) is -5.60. The monoisotopic (exact) mass is 699 g/mol. The van der Waals surface area contributed by atoms with Crippen LogP contribution in [0.4, 0.5) is 17.6 Å². The number of benzene rings is 3. The van der Waals surface area contributed by atoms with Crippen LogP contribution in [-0.2, 0) is 42.7 Å². The third-order valence-electron chi connectivity index (χ3n) is 7.11. The van der Waals surface area contributed by atoms with Gasteiger partial charge in [-0.1, -0.05) is 67.9 Å². The highest BCUT2D eigenvalue weighted by molar-refractivity contribution is 7.98. The van der Waals surface area contributed by atoms with Gasteiger partial charge in [-0.3, -0.25) is 9.59 Å². The van der Waals surface area contributed by atoms with Crippen LogP contribution in [0.5, 0.6) is 0 Å². The lowest BCUT2D eigenvalue weighted by Crippen LogP contribution is -2.40. The predicted octanol–water partition coefficient (Wildman–Crippen LogP) is 7.53. The first kappa shape index (κ1) is 18.2. The van der Waals surface area contributed by atoms with E-state index in [-0.39, 0.29) is 44.6 Å². The molecule has 0 radical (unpaired) electrons. The number of nitrogens with zero attached hydrogens (tertiary/aromatic N) is 4. The van der Waals surface area contributed by atoms with E-state index in [1.807, 2.05) is 0 Å². The molecule has 1 aromatic heterocycles. The lowest BCUT2D eigenvalue weighted by Gasteiger charge is -2.28. The first-order chi connectivity index (χ1) is 30.4. The topological polar surface area (TPSA) is 58.4 Å². The van der Waals surface area contributed by atoms with Crippen molar-refractivity contribution < 1.29 is 48.4 Å². The summed E-state index contributed by atoms with van der Waals surface area (Å²) >= 11 is 0.606. The minimum atomic E-state index is -5.36. The number of hydrogen-bond donors (Lipinski definition) is 0. The lowest BCUT2D eigenvalue weighted by molar-refractivity contribution is -0.137. The SMILES string of the molecule is [2H]c1c([2H])c(CSc2nc(=O)c3c(n2CC(=O)N(Cc2c([2H])c([2H])c(-c4c([2H])c([2H])c(C(F)(F)F)c([2H])c4[2H])c([2H])c2C)C([2H])([2H])C([2H])([2H])N(C([2H])([2H])C)C([2H])([2H])C)CCC3)c([2H])c([2H])c1F. The van der Waals surface area contributed by atoms with Crippen molar-refractivity contribution in [3.05, 3.63) is 116 Å². The van der Waals surface area contributed by atoms with Gasteiger partial charge in [-0.05, 0) is 91.2 Å². The number of halogens is 4. The molecule has 0 unspecified atom stereocenters. The molecule has 3 aromatic carbocycles. The normalized spacial score (nSPS) is 19.7. The van der Waals surface area contributed by atoms with Crippen molar-refractivity contribution in [2.45, 2.75) is 70.2 Å². The first-order valence-corrected chi connectivity index (χ1v) is 15.3. The van der Waals surface area contributed by atoms with Crippen LogP contribution in [-0.4, -0.2) is 51.2 Å². The van der Waals surface area contributed by atoms with Gasteiger partial charge >= 0.3 is 6.18 Å². The molecule has 0 bridgehead atoms. The van der Waals surface area contributed by atoms with Crippen LogP contribution in [0, 0.1) is 12.7 Å². The van der Waals surface area contributed by atoms with E-state index in [0.717, 1.165) is 11.5 Å². The third-order valence-corrected chi connectivity index (χ3v) is 8.11. The molecule has 254 valence electrons. The Labute approximate surface area is 309 Å². The summed E-state index contributed by atoms with van der Waals surface area (Å²) in [6, 6.07) is -12.3. The number of likely N-dealkylation sites (N-methyl/N-ethyl adjacent to an activating group) is 1. The van der Waals surface area contributed by atoms with Gasteiger partial charge < -0.3 is 14.4 Å². The van der Waals surface area contributed by atoms with Crippen molar-refractivity contribution in [3.8, 4) is 11.1 Å². The molecule has 0 saturated heterocycles.